The molecule has 1 fully saturated rings. The van der Waals surface area contributed by atoms with E-state index in [1.165, 1.54) is 12.1 Å². The van der Waals surface area contributed by atoms with Crippen LogP contribution in [0.4, 0.5) is 13.2 Å². The average Bonchev–Trinajstić information content (AvgIpc) is 2.69. The van der Waals surface area contributed by atoms with Crippen molar-refractivity contribution in [3.05, 3.63) is 71.3 Å². The van der Waals surface area contributed by atoms with Crippen molar-refractivity contribution in [2.45, 2.75) is 12.2 Å². The number of ether oxygens (including phenoxy) is 1. The number of rotatable bonds is 5. The lowest BCUT2D eigenvalue weighted by atomic mass is 10.0. The molecule has 0 aliphatic carbocycles. The van der Waals surface area contributed by atoms with Gasteiger partial charge in [-0.25, -0.2) is 0 Å². The summed E-state index contributed by atoms with van der Waals surface area (Å²) in [5.41, 5.74) is 0.512. The minimum atomic E-state index is -4.41. The number of nitrogens with zero attached hydrogens (tertiary/aromatic N) is 1. The smallest absolute Gasteiger partial charge is 0.379 e. The molecule has 0 unspecified atom stereocenters. The molecule has 2 aromatic rings. The maximum atomic E-state index is 12.7. The van der Waals surface area contributed by atoms with Gasteiger partial charge in [0.1, 0.15) is 0 Å². The molecular formula is C20H21F3N2O2. The van der Waals surface area contributed by atoms with Gasteiger partial charge in [0.05, 0.1) is 24.8 Å². The number of amides is 1. The van der Waals surface area contributed by atoms with Gasteiger partial charge in [0, 0.05) is 25.2 Å². The van der Waals surface area contributed by atoms with Gasteiger partial charge in [-0.2, -0.15) is 13.2 Å². The van der Waals surface area contributed by atoms with Crippen LogP contribution in [0.3, 0.4) is 0 Å². The maximum absolute atomic E-state index is 12.7. The number of alkyl halides is 3. The molecular weight excluding hydrogens is 357 g/mol. The van der Waals surface area contributed by atoms with Gasteiger partial charge in [-0.3, -0.25) is 9.69 Å². The molecule has 27 heavy (non-hydrogen) atoms. The number of carbonyl (C=O) groups excluding carboxylic acids is 1. The van der Waals surface area contributed by atoms with Gasteiger partial charge in [0.15, 0.2) is 0 Å². The van der Waals surface area contributed by atoms with Crippen molar-refractivity contribution < 1.29 is 22.7 Å². The zero-order chi connectivity index (χ0) is 19.3. The molecule has 7 heteroatoms. The third-order valence-corrected chi connectivity index (χ3v) is 4.60. The second-order valence-electron chi connectivity index (χ2n) is 6.36. The number of carbonyl (C=O) groups is 1. The number of morpholine rings is 1. The lowest BCUT2D eigenvalue weighted by molar-refractivity contribution is -0.137. The van der Waals surface area contributed by atoms with Gasteiger partial charge >= 0.3 is 6.18 Å². The zero-order valence-electron chi connectivity index (χ0n) is 14.7. The van der Waals surface area contributed by atoms with Gasteiger partial charge < -0.3 is 10.1 Å². The van der Waals surface area contributed by atoms with E-state index in [1.807, 2.05) is 30.3 Å². The molecule has 1 atom stereocenters. The molecule has 1 amide bonds. The number of hydrogen-bond acceptors (Lipinski definition) is 3. The summed E-state index contributed by atoms with van der Waals surface area (Å²) in [6.45, 7) is 3.15. The Hall–Kier alpha value is -2.38. The summed E-state index contributed by atoms with van der Waals surface area (Å²) in [6.07, 6.45) is -4.41. The fourth-order valence-electron chi connectivity index (χ4n) is 3.12. The van der Waals surface area contributed by atoms with Crippen LogP contribution in [0, 0.1) is 0 Å². The molecule has 144 valence electrons. The molecule has 1 aliphatic heterocycles. The van der Waals surface area contributed by atoms with E-state index in [2.05, 4.69) is 10.2 Å². The minimum absolute atomic E-state index is 0.0199. The van der Waals surface area contributed by atoms with Crippen molar-refractivity contribution in [1.82, 2.24) is 10.2 Å². The Morgan fingerprint density at radius 3 is 2.26 bits per heavy atom. The summed E-state index contributed by atoms with van der Waals surface area (Å²) in [5.74, 6) is -0.391. The normalized spacial score (nSPS) is 16.7. The van der Waals surface area contributed by atoms with Crippen LogP contribution in [0.2, 0.25) is 0 Å². The molecule has 1 saturated heterocycles. The second kappa shape index (κ2) is 8.54. The Morgan fingerprint density at radius 1 is 1.04 bits per heavy atom. The van der Waals surface area contributed by atoms with Gasteiger partial charge in [-0.15, -0.1) is 0 Å². The van der Waals surface area contributed by atoms with Crippen LogP contribution in [-0.4, -0.2) is 43.7 Å². The van der Waals surface area contributed by atoms with Crippen molar-refractivity contribution in [2.24, 2.45) is 0 Å². The van der Waals surface area contributed by atoms with Gasteiger partial charge in [0.2, 0.25) is 0 Å². The molecule has 3 rings (SSSR count). The Kier molecular flexibility index (Phi) is 6.13. The molecule has 0 aromatic heterocycles. The highest BCUT2D eigenvalue weighted by Gasteiger charge is 2.30. The first-order valence-electron chi connectivity index (χ1n) is 8.77. The van der Waals surface area contributed by atoms with E-state index in [1.54, 1.807) is 0 Å². The quantitative estimate of drug-likeness (QED) is 0.866. The molecule has 1 N–H and O–H groups in total. The summed E-state index contributed by atoms with van der Waals surface area (Å²) in [6, 6.07) is 14.1. The lowest BCUT2D eigenvalue weighted by Crippen LogP contribution is -2.43. The first-order valence-corrected chi connectivity index (χ1v) is 8.77. The molecule has 2 aromatic carbocycles. The number of nitrogens with one attached hydrogen (secondary N) is 1. The molecule has 4 nitrogen and oxygen atoms in total. The van der Waals surface area contributed by atoms with E-state index in [0.29, 0.717) is 19.8 Å². The second-order valence-corrected chi connectivity index (χ2v) is 6.36. The van der Waals surface area contributed by atoms with E-state index in [9.17, 15) is 18.0 Å². The van der Waals surface area contributed by atoms with E-state index in [4.69, 9.17) is 4.74 Å². The number of hydrogen-bond donors (Lipinski definition) is 1. The van der Waals surface area contributed by atoms with Crippen molar-refractivity contribution in [3.8, 4) is 0 Å². The third-order valence-electron chi connectivity index (χ3n) is 4.60. The molecule has 0 spiro atoms. The van der Waals surface area contributed by atoms with Gasteiger partial charge in [-0.1, -0.05) is 30.3 Å². The highest BCUT2D eigenvalue weighted by molar-refractivity contribution is 5.94. The molecule has 0 saturated carbocycles. The van der Waals surface area contributed by atoms with E-state index in [-0.39, 0.29) is 11.6 Å². The highest BCUT2D eigenvalue weighted by atomic mass is 19.4. The molecule has 1 aliphatic rings. The van der Waals surface area contributed by atoms with Crippen LogP contribution in [-0.2, 0) is 10.9 Å². The fraction of sp³-hybridized carbons (Fsp3) is 0.350. The first-order chi connectivity index (χ1) is 12.9. The summed E-state index contributed by atoms with van der Waals surface area (Å²) < 4.78 is 43.4. The predicted molar refractivity (Wildman–Crippen MR) is 95.4 cm³/mol. The van der Waals surface area contributed by atoms with Crippen molar-refractivity contribution in [1.29, 1.82) is 0 Å². The van der Waals surface area contributed by atoms with Crippen molar-refractivity contribution in [2.75, 3.05) is 32.8 Å². The Bertz CT molecular complexity index is 742. The average molecular weight is 378 g/mol. The monoisotopic (exact) mass is 378 g/mol. The van der Waals surface area contributed by atoms with Crippen LogP contribution in [0.15, 0.2) is 54.6 Å². The van der Waals surface area contributed by atoms with Crippen LogP contribution in [0.1, 0.15) is 27.5 Å². The van der Waals surface area contributed by atoms with Gasteiger partial charge in [0.25, 0.3) is 5.91 Å². The number of benzene rings is 2. The topological polar surface area (TPSA) is 41.6 Å². The van der Waals surface area contributed by atoms with E-state index >= 15 is 0 Å². The maximum Gasteiger partial charge on any atom is 0.416 e. The van der Waals surface area contributed by atoms with Gasteiger partial charge in [-0.05, 0) is 29.8 Å². The first kappa shape index (κ1) is 19.4. The van der Waals surface area contributed by atoms with Crippen LogP contribution < -0.4 is 5.32 Å². The SMILES string of the molecule is O=C(NC[C@H](c1ccccc1)N1CCOCC1)c1ccc(C(F)(F)F)cc1. The largest absolute Gasteiger partial charge is 0.416 e. The summed E-state index contributed by atoms with van der Waals surface area (Å²) in [5, 5.41) is 2.85. The van der Waals surface area contributed by atoms with Crippen molar-refractivity contribution >= 4 is 5.91 Å². The Morgan fingerprint density at radius 2 is 1.67 bits per heavy atom. The number of halogens is 3. The van der Waals surface area contributed by atoms with E-state index in [0.717, 1.165) is 30.8 Å². The third kappa shape index (κ3) is 5.08. The van der Waals surface area contributed by atoms with Crippen LogP contribution in [0.25, 0.3) is 0 Å². The summed E-state index contributed by atoms with van der Waals surface area (Å²) in [4.78, 5) is 14.6. The molecule has 1 heterocycles. The minimum Gasteiger partial charge on any atom is -0.379 e. The summed E-state index contributed by atoms with van der Waals surface area (Å²) in [7, 11) is 0. The fourth-order valence-corrected chi connectivity index (χ4v) is 3.12. The Balaban J connectivity index is 1.68. The Labute approximate surface area is 155 Å². The van der Waals surface area contributed by atoms with E-state index < -0.39 is 17.6 Å². The zero-order valence-corrected chi connectivity index (χ0v) is 14.7. The molecule has 0 bridgehead atoms. The highest BCUT2D eigenvalue weighted by Crippen LogP contribution is 2.29. The predicted octanol–water partition coefficient (Wildman–Crippen LogP) is 3.51. The van der Waals surface area contributed by atoms with Crippen LogP contribution >= 0.6 is 0 Å². The standard InChI is InChI=1S/C20H21F3N2O2/c21-20(22,23)17-8-6-16(7-9-17)19(26)24-14-18(15-4-2-1-3-5-15)25-10-12-27-13-11-25/h1-9,18H,10-14H2,(H,24,26)/t18-/m1/s1. The van der Waals surface area contributed by atoms with Crippen molar-refractivity contribution in [3.63, 3.8) is 0 Å². The summed E-state index contributed by atoms with van der Waals surface area (Å²) >= 11 is 0. The van der Waals surface area contributed by atoms with Crippen LogP contribution in [0.5, 0.6) is 0 Å². The molecule has 0 radical (unpaired) electrons. The lowest BCUT2D eigenvalue weighted by Gasteiger charge is -2.35.